The second-order valence-electron chi connectivity index (χ2n) is 6.16. The molecule has 0 amide bonds. The molecule has 1 aromatic carbocycles. The highest BCUT2D eigenvalue weighted by Crippen LogP contribution is 2.29. The van der Waals surface area contributed by atoms with Gasteiger partial charge in [-0.25, -0.2) is 4.57 Å². The highest BCUT2D eigenvalue weighted by atomic mass is 35.5. The summed E-state index contributed by atoms with van der Waals surface area (Å²) in [4.78, 5) is 15.1. The van der Waals surface area contributed by atoms with Crippen LogP contribution in [0, 0.1) is 10.1 Å². The number of hydrogen-bond donors (Lipinski definition) is 1. The van der Waals surface area contributed by atoms with Crippen molar-refractivity contribution in [1.82, 2.24) is 4.98 Å². The van der Waals surface area contributed by atoms with Crippen molar-refractivity contribution >= 4 is 28.8 Å². The van der Waals surface area contributed by atoms with Crippen molar-refractivity contribution in [1.29, 1.82) is 0 Å². The van der Waals surface area contributed by atoms with Crippen molar-refractivity contribution in [3.8, 4) is 11.5 Å². The fourth-order valence-electron chi connectivity index (χ4n) is 2.82. The van der Waals surface area contributed by atoms with E-state index in [9.17, 15) is 10.1 Å². The number of hydrogen-bond acceptors (Lipinski definition) is 4. The van der Waals surface area contributed by atoms with E-state index in [1.54, 1.807) is 12.1 Å². The van der Waals surface area contributed by atoms with Gasteiger partial charge in [0.25, 0.3) is 11.5 Å². The summed E-state index contributed by atoms with van der Waals surface area (Å²) in [5, 5.41) is 14.5. The molecule has 0 fully saturated rings. The van der Waals surface area contributed by atoms with E-state index < -0.39 is 4.92 Å². The summed E-state index contributed by atoms with van der Waals surface area (Å²) in [7, 11) is 0. The Morgan fingerprint density at radius 2 is 1.48 bits per heavy atom. The maximum absolute atomic E-state index is 10.9. The number of nitrogens with one attached hydrogen (secondary N) is 1. The van der Waals surface area contributed by atoms with Crippen molar-refractivity contribution in [3.05, 3.63) is 107 Å². The Kier molecular flexibility index (Phi) is 5.13. The summed E-state index contributed by atoms with van der Waals surface area (Å²) < 4.78 is 3.78. The van der Waals surface area contributed by atoms with Crippen LogP contribution in [0.1, 0.15) is 0 Å². The fraction of sp³-hybridized carbons (Fsp3) is 0. The molecule has 4 aromatic rings. The number of non-ortho nitro benzene ring substituents is 1. The molecule has 1 N–H and O–H groups in total. The lowest BCUT2D eigenvalue weighted by molar-refractivity contribution is -0.606. The molecule has 0 aliphatic heterocycles. The van der Waals surface area contributed by atoms with Crippen molar-refractivity contribution in [2.75, 3.05) is 5.32 Å². The van der Waals surface area contributed by atoms with Gasteiger partial charge in [-0.1, -0.05) is 23.7 Å². The number of halogens is 1. The van der Waals surface area contributed by atoms with Crippen LogP contribution < -0.4 is 14.5 Å². The van der Waals surface area contributed by atoms with Crippen molar-refractivity contribution < 1.29 is 14.1 Å². The Bertz CT molecular complexity index is 1150. The van der Waals surface area contributed by atoms with Gasteiger partial charge in [0.05, 0.1) is 17.3 Å². The molecule has 0 atom stereocenters. The van der Waals surface area contributed by atoms with Crippen LogP contribution in [0.4, 0.5) is 17.2 Å². The molecule has 0 saturated heterocycles. The number of nitro benzene ring substituents is 1. The molecule has 3 heterocycles. The SMILES string of the molecule is O=[N+]([O-])c1ccc(Nc2nc(-[n+]3ccccc3)cc(-[n+]3ccccc3)c2Cl)cc1. The molecule has 8 heteroatoms. The van der Waals surface area contributed by atoms with Gasteiger partial charge in [-0.3, -0.25) is 10.1 Å². The second-order valence-corrected chi connectivity index (χ2v) is 6.53. The molecular formula is C21H16ClN5O2+2. The Morgan fingerprint density at radius 3 is 2.07 bits per heavy atom. The topological polar surface area (TPSA) is 75.8 Å². The molecule has 7 nitrogen and oxygen atoms in total. The number of pyridine rings is 3. The Labute approximate surface area is 171 Å². The molecule has 0 unspecified atom stereocenters. The van der Waals surface area contributed by atoms with E-state index in [0.29, 0.717) is 22.3 Å². The van der Waals surface area contributed by atoms with Crippen LogP contribution in [0.15, 0.2) is 91.5 Å². The average Bonchev–Trinajstić information content (AvgIpc) is 2.77. The van der Waals surface area contributed by atoms with Gasteiger partial charge in [-0.2, -0.15) is 4.57 Å². The molecule has 0 bridgehead atoms. The quantitative estimate of drug-likeness (QED) is 0.310. The van der Waals surface area contributed by atoms with E-state index >= 15 is 0 Å². The summed E-state index contributed by atoms with van der Waals surface area (Å²) in [6.07, 6.45) is 7.59. The third-order valence-electron chi connectivity index (χ3n) is 4.24. The van der Waals surface area contributed by atoms with Crippen LogP contribution in [-0.4, -0.2) is 9.91 Å². The zero-order valence-corrected chi connectivity index (χ0v) is 15.9. The number of aromatic nitrogens is 3. The number of rotatable bonds is 5. The third kappa shape index (κ3) is 4.04. The minimum Gasteiger partial charge on any atom is -0.318 e. The maximum atomic E-state index is 10.9. The molecule has 4 rings (SSSR count). The van der Waals surface area contributed by atoms with Crippen molar-refractivity contribution in [3.63, 3.8) is 0 Å². The molecule has 0 saturated carbocycles. The van der Waals surface area contributed by atoms with Gasteiger partial charge >= 0.3 is 5.82 Å². The predicted octanol–water partition coefficient (Wildman–Crippen LogP) is 3.94. The highest BCUT2D eigenvalue weighted by Gasteiger charge is 2.25. The van der Waals surface area contributed by atoms with Crippen LogP contribution in [0.25, 0.3) is 11.5 Å². The number of benzene rings is 1. The zero-order chi connectivity index (χ0) is 20.2. The second kappa shape index (κ2) is 8.04. The van der Waals surface area contributed by atoms with E-state index in [1.165, 1.54) is 12.1 Å². The lowest BCUT2D eigenvalue weighted by atomic mass is 10.2. The molecular weight excluding hydrogens is 390 g/mol. The van der Waals surface area contributed by atoms with Crippen LogP contribution in [0.2, 0.25) is 5.02 Å². The van der Waals surface area contributed by atoms with E-state index in [4.69, 9.17) is 11.6 Å². The maximum Gasteiger partial charge on any atom is 0.337 e. The minimum atomic E-state index is -0.439. The summed E-state index contributed by atoms with van der Waals surface area (Å²) in [6.45, 7) is 0. The molecule has 0 radical (unpaired) electrons. The third-order valence-corrected chi connectivity index (χ3v) is 4.61. The monoisotopic (exact) mass is 405 g/mol. The highest BCUT2D eigenvalue weighted by molar-refractivity contribution is 6.34. The molecule has 0 spiro atoms. The van der Waals surface area contributed by atoms with Gasteiger partial charge in [-0.05, 0) is 29.2 Å². The summed E-state index contributed by atoms with van der Waals surface area (Å²) in [5.74, 6) is 1.12. The molecule has 0 aliphatic rings. The van der Waals surface area contributed by atoms with Crippen LogP contribution in [-0.2, 0) is 0 Å². The molecule has 142 valence electrons. The van der Waals surface area contributed by atoms with Gasteiger partial charge in [0.1, 0.15) is 6.07 Å². The summed E-state index contributed by atoms with van der Waals surface area (Å²) in [5.41, 5.74) is 1.41. The Balaban J connectivity index is 1.80. The summed E-state index contributed by atoms with van der Waals surface area (Å²) >= 11 is 6.67. The minimum absolute atomic E-state index is 0.0173. The predicted molar refractivity (Wildman–Crippen MR) is 109 cm³/mol. The Hall–Kier alpha value is -3.84. The smallest absolute Gasteiger partial charge is 0.318 e. The number of nitro groups is 1. The van der Waals surface area contributed by atoms with Gasteiger partial charge in [-0.15, -0.1) is 0 Å². The van der Waals surface area contributed by atoms with Crippen LogP contribution >= 0.6 is 11.6 Å². The van der Waals surface area contributed by atoms with Crippen molar-refractivity contribution in [2.24, 2.45) is 0 Å². The van der Waals surface area contributed by atoms with Gasteiger partial charge in [0.2, 0.25) is 5.69 Å². The van der Waals surface area contributed by atoms with E-state index in [2.05, 4.69) is 10.3 Å². The normalized spacial score (nSPS) is 10.5. The first kappa shape index (κ1) is 18.5. The van der Waals surface area contributed by atoms with E-state index in [1.807, 2.05) is 76.4 Å². The zero-order valence-electron chi connectivity index (χ0n) is 15.1. The molecule has 29 heavy (non-hydrogen) atoms. The van der Waals surface area contributed by atoms with Gasteiger partial charge in [0, 0.05) is 30.0 Å². The number of anilines is 2. The Morgan fingerprint density at radius 1 is 0.897 bits per heavy atom. The lowest BCUT2D eigenvalue weighted by Crippen LogP contribution is -2.34. The van der Waals surface area contributed by atoms with Crippen LogP contribution in [0.3, 0.4) is 0 Å². The first-order chi connectivity index (χ1) is 14.1. The largest absolute Gasteiger partial charge is 0.337 e. The summed E-state index contributed by atoms with van der Waals surface area (Å²) in [6, 6.07) is 19.5. The standard InChI is InChI=1S/C21H16ClN5O2/c22-20-18(25-11-3-1-4-12-25)15-19(26-13-5-2-6-14-26)24-21(20)23-16-7-9-17(10-8-16)27(28)29/h1-15H,(H,23,24)/q+2. The van der Waals surface area contributed by atoms with Gasteiger partial charge < -0.3 is 5.32 Å². The number of nitrogens with zero attached hydrogens (tertiary/aromatic N) is 4. The van der Waals surface area contributed by atoms with Crippen LogP contribution in [0.5, 0.6) is 0 Å². The van der Waals surface area contributed by atoms with Crippen molar-refractivity contribution in [2.45, 2.75) is 0 Å². The first-order valence-corrected chi connectivity index (χ1v) is 9.15. The van der Waals surface area contributed by atoms with E-state index in [-0.39, 0.29) is 5.69 Å². The van der Waals surface area contributed by atoms with E-state index in [0.717, 1.165) is 5.69 Å². The lowest BCUT2D eigenvalue weighted by Gasteiger charge is -2.06. The fourth-order valence-corrected chi connectivity index (χ4v) is 3.06. The van der Waals surface area contributed by atoms with Gasteiger partial charge in [0.15, 0.2) is 17.4 Å². The molecule has 0 aliphatic carbocycles. The molecule has 3 aromatic heterocycles. The average molecular weight is 406 g/mol. The first-order valence-electron chi connectivity index (χ1n) is 8.77.